The fourth-order valence-electron chi connectivity index (χ4n) is 1.54. The van der Waals surface area contributed by atoms with E-state index in [-0.39, 0.29) is 0 Å². The Bertz CT molecular complexity index is 300. The molecule has 0 N–H and O–H groups in total. The van der Waals surface area contributed by atoms with Gasteiger partial charge in [-0.1, -0.05) is 11.6 Å². The number of thioether (sulfide) groups is 1. The fourth-order valence-corrected chi connectivity index (χ4v) is 4.12. The largest absolute Gasteiger partial charge is 0.377 e. The maximum atomic E-state index is 6.03. The molecular formula is C10H13ClOS2. The molecule has 2 rings (SSSR count). The summed E-state index contributed by atoms with van der Waals surface area (Å²) >= 11 is 9.73. The third-order valence-electron chi connectivity index (χ3n) is 2.43. The minimum Gasteiger partial charge on any atom is -0.377 e. The topological polar surface area (TPSA) is 9.23 Å². The van der Waals surface area contributed by atoms with Crippen molar-refractivity contribution in [2.75, 3.05) is 6.61 Å². The van der Waals surface area contributed by atoms with Gasteiger partial charge in [-0.05, 0) is 24.8 Å². The molecule has 1 aromatic rings. The van der Waals surface area contributed by atoms with Crippen molar-refractivity contribution >= 4 is 34.7 Å². The van der Waals surface area contributed by atoms with E-state index in [0.29, 0.717) is 11.4 Å². The smallest absolute Gasteiger partial charge is 0.0666 e. The highest BCUT2D eigenvalue weighted by Gasteiger charge is 2.24. The average molecular weight is 249 g/mol. The van der Waals surface area contributed by atoms with Gasteiger partial charge in [-0.15, -0.1) is 11.3 Å². The van der Waals surface area contributed by atoms with Gasteiger partial charge in [0.2, 0.25) is 0 Å². The molecule has 0 amide bonds. The van der Waals surface area contributed by atoms with Crippen LogP contribution >= 0.6 is 34.7 Å². The van der Waals surface area contributed by atoms with Gasteiger partial charge in [0.05, 0.1) is 11.1 Å². The molecule has 2 atom stereocenters. The Morgan fingerprint density at radius 2 is 2.57 bits per heavy atom. The Hall–Kier alpha value is 0.300. The first-order valence-corrected chi connectivity index (χ1v) is 7.03. The van der Waals surface area contributed by atoms with Crippen LogP contribution in [-0.2, 0) is 10.5 Å². The second-order valence-electron chi connectivity index (χ2n) is 3.41. The highest BCUT2D eigenvalue weighted by atomic mass is 35.5. The molecule has 1 aromatic heterocycles. The predicted molar refractivity (Wildman–Crippen MR) is 64.4 cm³/mol. The van der Waals surface area contributed by atoms with E-state index in [4.69, 9.17) is 16.3 Å². The standard InChI is InChI=1S/C10H13ClOS2/c1-7-9(2-4-12-7)14-6-10-8(11)3-5-13-10/h3,5,7,9H,2,4,6H2,1H3. The first-order valence-electron chi connectivity index (χ1n) is 4.72. The number of halogens is 1. The van der Waals surface area contributed by atoms with Crippen LogP contribution in [-0.4, -0.2) is 18.0 Å². The van der Waals surface area contributed by atoms with Gasteiger partial charge in [-0.3, -0.25) is 0 Å². The summed E-state index contributed by atoms with van der Waals surface area (Å²) in [5, 5.41) is 3.61. The summed E-state index contributed by atoms with van der Waals surface area (Å²) in [4.78, 5) is 1.29. The first-order chi connectivity index (χ1) is 6.77. The molecule has 1 aliphatic rings. The van der Waals surface area contributed by atoms with Crippen LogP contribution in [0.1, 0.15) is 18.2 Å². The SMILES string of the molecule is CC1OCCC1SCc1sccc1Cl. The summed E-state index contributed by atoms with van der Waals surface area (Å²) in [7, 11) is 0. The predicted octanol–water partition coefficient (Wildman–Crippen LogP) is 3.81. The van der Waals surface area contributed by atoms with Gasteiger partial charge in [0.25, 0.3) is 0 Å². The molecule has 2 heterocycles. The van der Waals surface area contributed by atoms with Crippen LogP contribution in [0, 0.1) is 0 Å². The summed E-state index contributed by atoms with van der Waals surface area (Å²) in [5.74, 6) is 1.02. The van der Waals surface area contributed by atoms with Crippen molar-refractivity contribution in [3.8, 4) is 0 Å². The molecule has 0 aromatic carbocycles. The number of ether oxygens (including phenoxy) is 1. The molecule has 2 unspecified atom stereocenters. The Balaban J connectivity index is 1.85. The first kappa shape index (κ1) is 10.8. The molecule has 0 spiro atoms. The van der Waals surface area contributed by atoms with Gasteiger partial charge in [-0.25, -0.2) is 0 Å². The zero-order valence-electron chi connectivity index (χ0n) is 8.03. The Kier molecular flexibility index (Phi) is 3.77. The van der Waals surface area contributed by atoms with Crippen LogP contribution in [0.2, 0.25) is 5.02 Å². The summed E-state index contributed by atoms with van der Waals surface area (Å²) in [5.41, 5.74) is 0. The number of rotatable bonds is 3. The van der Waals surface area contributed by atoms with Crippen LogP contribution in [0.25, 0.3) is 0 Å². The van der Waals surface area contributed by atoms with E-state index in [2.05, 4.69) is 6.92 Å². The maximum Gasteiger partial charge on any atom is 0.0666 e. The number of hydrogen-bond acceptors (Lipinski definition) is 3. The molecule has 1 saturated heterocycles. The molecule has 0 aliphatic carbocycles. The Morgan fingerprint density at radius 3 is 3.14 bits per heavy atom. The lowest BCUT2D eigenvalue weighted by Crippen LogP contribution is -2.13. The van der Waals surface area contributed by atoms with E-state index < -0.39 is 0 Å². The van der Waals surface area contributed by atoms with E-state index in [1.165, 1.54) is 11.3 Å². The molecule has 1 aliphatic heterocycles. The van der Waals surface area contributed by atoms with Crippen LogP contribution in [0.4, 0.5) is 0 Å². The minimum atomic E-state index is 0.402. The summed E-state index contributed by atoms with van der Waals surface area (Å²) in [6.07, 6.45) is 1.58. The van der Waals surface area contributed by atoms with Crippen LogP contribution < -0.4 is 0 Å². The zero-order chi connectivity index (χ0) is 9.97. The van der Waals surface area contributed by atoms with Crippen LogP contribution in [0.15, 0.2) is 11.4 Å². The van der Waals surface area contributed by atoms with Gasteiger partial charge >= 0.3 is 0 Å². The van der Waals surface area contributed by atoms with Gasteiger partial charge in [-0.2, -0.15) is 11.8 Å². The van der Waals surface area contributed by atoms with Crippen molar-refractivity contribution < 1.29 is 4.74 Å². The molecule has 78 valence electrons. The third-order valence-corrected chi connectivity index (χ3v) is 5.50. The summed E-state index contributed by atoms with van der Waals surface area (Å²) in [6, 6.07) is 1.97. The lowest BCUT2D eigenvalue weighted by molar-refractivity contribution is 0.127. The van der Waals surface area contributed by atoms with Gasteiger partial charge in [0, 0.05) is 22.5 Å². The lowest BCUT2D eigenvalue weighted by Gasteiger charge is -2.12. The zero-order valence-corrected chi connectivity index (χ0v) is 10.4. The third kappa shape index (κ3) is 2.45. The van der Waals surface area contributed by atoms with E-state index in [1.54, 1.807) is 11.3 Å². The van der Waals surface area contributed by atoms with Crippen molar-refractivity contribution in [3.63, 3.8) is 0 Å². The quantitative estimate of drug-likeness (QED) is 0.805. The van der Waals surface area contributed by atoms with Crippen LogP contribution in [0.3, 0.4) is 0 Å². The molecule has 0 radical (unpaired) electrons. The van der Waals surface area contributed by atoms with Crippen LogP contribution in [0.5, 0.6) is 0 Å². The van der Waals surface area contributed by atoms with E-state index in [9.17, 15) is 0 Å². The normalized spacial score (nSPS) is 27.0. The molecular weight excluding hydrogens is 236 g/mol. The van der Waals surface area contributed by atoms with Crippen molar-refractivity contribution in [3.05, 3.63) is 21.3 Å². The van der Waals surface area contributed by atoms with Gasteiger partial charge in [0.1, 0.15) is 0 Å². The summed E-state index contributed by atoms with van der Waals surface area (Å²) in [6.45, 7) is 3.07. The van der Waals surface area contributed by atoms with Crippen molar-refractivity contribution in [1.29, 1.82) is 0 Å². The lowest BCUT2D eigenvalue weighted by atomic mass is 10.3. The monoisotopic (exact) mass is 248 g/mol. The Labute approximate surface area is 97.8 Å². The highest BCUT2D eigenvalue weighted by molar-refractivity contribution is 7.99. The maximum absolute atomic E-state index is 6.03. The molecule has 1 nitrogen and oxygen atoms in total. The second kappa shape index (κ2) is 4.88. The Morgan fingerprint density at radius 1 is 1.71 bits per heavy atom. The fraction of sp³-hybridized carbons (Fsp3) is 0.600. The second-order valence-corrected chi connectivity index (χ2v) is 6.04. The number of thiophene rings is 1. The summed E-state index contributed by atoms with van der Waals surface area (Å²) < 4.78 is 5.52. The minimum absolute atomic E-state index is 0.402. The van der Waals surface area contributed by atoms with Crippen molar-refractivity contribution in [1.82, 2.24) is 0 Å². The molecule has 0 bridgehead atoms. The molecule has 4 heteroatoms. The molecule has 1 fully saturated rings. The molecule has 14 heavy (non-hydrogen) atoms. The van der Waals surface area contributed by atoms with Crippen molar-refractivity contribution in [2.24, 2.45) is 0 Å². The van der Waals surface area contributed by atoms with Gasteiger partial charge < -0.3 is 4.74 Å². The van der Waals surface area contributed by atoms with Gasteiger partial charge in [0.15, 0.2) is 0 Å². The number of hydrogen-bond donors (Lipinski definition) is 0. The average Bonchev–Trinajstić information content (AvgIpc) is 2.72. The van der Waals surface area contributed by atoms with E-state index >= 15 is 0 Å². The van der Waals surface area contributed by atoms with Crippen molar-refractivity contribution in [2.45, 2.75) is 30.5 Å². The van der Waals surface area contributed by atoms with E-state index in [1.807, 2.05) is 23.2 Å². The molecule has 0 saturated carbocycles. The highest BCUT2D eigenvalue weighted by Crippen LogP contribution is 2.33. The van der Waals surface area contributed by atoms with E-state index in [0.717, 1.165) is 17.4 Å².